The van der Waals surface area contributed by atoms with E-state index in [-0.39, 0.29) is 23.2 Å². The maximum Gasteiger partial charge on any atom is 0.274 e. The monoisotopic (exact) mass is 403 g/mol. The molecule has 0 aliphatic rings. The Labute approximate surface area is 172 Å². The second kappa shape index (κ2) is 8.01. The molecule has 6 heteroatoms. The van der Waals surface area contributed by atoms with E-state index in [9.17, 15) is 9.59 Å². The summed E-state index contributed by atoms with van der Waals surface area (Å²) in [7, 11) is 1.56. The van der Waals surface area contributed by atoms with E-state index in [1.165, 1.54) is 10.2 Å². The Bertz CT molecular complexity index is 1210. The summed E-state index contributed by atoms with van der Waals surface area (Å²) in [4.78, 5) is 26.6. The molecule has 0 fully saturated rings. The summed E-state index contributed by atoms with van der Waals surface area (Å²) in [5, 5.41) is 10.4. The molecule has 1 N–H and O–H groups in total. The fourth-order valence-corrected chi connectivity index (χ4v) is 4.19. The van der Waals surface area contributed by atoms with Gasteiger partial charge in [0.2, 0.25) is 0 Å². The molecule has 146 valence electrons. The molecular formula is C23H21N3O2S. The minimum atomic E-state index is -0.310. The van der Waals surface area contributed by atoms with E-state index in [2.05, 4.69) is 41.6 Å². The predicted octanol–water partition coefficient (Wildman–Crippen LogP) is 4.08. The van der Waals surface area contributed by atoms with Gasteiger partial charge >= 0.3 is 0 Å². The number of carbonyl (C=O) groups excluding carboxylic acids is 1. The number of amides is 1. The summed E-state index contributed by atoms with van der Waals surface area (Å²) in [5.41, 5.74) is 2.28. The van der Waals surface area contributed by atoms with E-state index in [0.29, 0.717) is 10.8 Å². The first kappa shape index (κ1) is 19.1. The average Bonchev–Trinajstić information content (AvgIpc) is 3.29. The minimum absolute atomic E-state index is 0.220. The van der Waals surface area contributed by atoms with Crippen molar-refractivity contribution in [1.82, 2.24) is 15.1 Å². The van der Waals surface area contributed by atoms with Gasteiger partial charge < -0.3 is 5.32 Å². The summed E-state index contributed by atoms with van der Waals surface area (Å²) in [6, 6.07) is 19.0. The number of thiophene rings is 1. The van der Waals surface area contributed by atoms with Crippen LogP contribution in [0, 0.1) is 0 Å². The molecule has 0 bridgehead atoms. The van der Waals surface area contributed by atoms with Crippen LogP contribution in [0.25, 0.3) is 10.8 Å². The molecule has 2 aromatic heterocycles. The summed E-state index contributed by atoms with van der Waals surface area (Å²) >= 11 is 1.59. The Morgan fingerprint density at radius 1 is 1.07 bits per heavy atom. The zero-order valence-corrected chi connectivity index (χ0v) is 17.1. The summed E-state index contributed by atoms with van der Waals surface area (Å²) in [6.07, 6.45) is 0.963. The maximum absolute atomic E-state index is 13.2. The third kappa shape index (κ3) is 3.71. The third-order valence-electron chi connectivity index (χ3n) is 5.00. The van der Waals surface area contributed by atoms with Crippen LogP contribution in [0.15, 0.2) is 70.8 Å². The number of hydrogen-bond donors (Lipinski definition) is 1. The van der Waals surface area contributed by atoms with E-state index in [4.69, 9.17) is 0 Å². The molecule has 0 aliphatic carbocycles. The molecule has 0 aliphatic heterocycles. The van der Waals surface area contributed by atoms with Gasteiger partial charge in [0, 0.05) is 17.3 Å². The number of carbonyl (C=O) groups is 1. The first-order valence-electron chi connectivity index (χ1n) is 9.47. The first-order valence-corrected chi connectivity index (χ1v) is 10.4. The molecule has 1 atom stereocenters. The lowest BCUT2D eigenvalue weighted by Gasteiger charge is -2.19. The number of hydrogen-bond acceptors (Lipinski definition) is 4. The summed E-state index contributed by atoms with van der Waals surface area (Å²) in [6.45, 7) is 2.12. The smallest absolute Gasteiger partial charge is 0.274 e. The normalized spacial score (nSPS) is 12.1. The Hall–Kier alpha value is -3.25. The van der Waals surface area contributed by atoms with Gasteiger partial charge in [0.25, 0.3) is 11.5 Å². The van der Waals surface area contributed by atoms with Crippen molar-refractivity contribution in [3.63, 3.8) is 0 Å². The zero-order chi connectivity index (χ0) is 20.4. The highest BCUT2D eigenvalue weighted by Gasteiger charge is 2.22. The van der Waals surface area contributed by atoms with Crippen molar-refractivity contribution < 1.29 is 4.79 Å². The Morgan fingerprint density at radius 2 is 1.79 bits per heavy atom. The number of benzene rings is 2. The second-order valence-electron chi connectivity index (χ2n) is 6.84. The van der Waals surface area contributed by atoms with Gasteiger partial charge in [-0.15, -0.1) is 11.3 Å². The van der Waals surface area contributed by atoms with Crippen LogP contribution in [0.2, 0.25) is 0 Å². The van der Waals surface area contributed by atoms with Gasteiger partial charge in [-0.1, -0.05) is 55.5 Å². The van der Waals surface area contributed by atoms with E-state index < -0.39 is 0 Å². The van der Waals surface area contributed by atoms with Crippen LogP contribution in [0.4, 0.5) is 0 Å². The molecular weight excluding hydrogens is 382 g/mol. The molecule has 1 unspecified atom stereocenters. The van der Waals surface area contributed by atoms with Crippen molar-refractivity contribution in [2.75, 3.05) is 0 Å². The fourth-order valence-electron chi connectivity index (χ4n) is 3.39. The lowest BCUT2D eigenvalue weighted by atomic mass is 10.0. The summed E-state index contributed by atoms with van der Waals surface area (Å²) < 4.78 is 1.22. The molecule has 0 radical (unpaired) electrons. The van der Waals surface area contributed by atoms with Crippen LogP contribution in [-0.2, 0) is 13.5 Å². The van der Waals surface area contributed by atoms with Crippen molar-refractivity contribution in [3.8, 4) is 0 Å². The Balaban J connectivity index is 1.75. The number of rotatable bonds is 5. The second-order valence-corrected chi connectivity index (χ2v) is 7.82. The van der Waals surface area contributed by atoms with Crippen molar-refractivity contribution in [1.29, 1.82) is 0 Å². The first-order chi connectivity index (χ1) is 14.1. The third-order valence-corrected chi connectivity index (χ3v) is 5.93. The van der Waals surface area contributed by atoms with E-state index >= 15 is 0 Å². The largest absolute Gasteiger partial charge is 0.339 e. The van der Waals surface area contributed by atoms with Gasteiger partial charge in [0.05, 0.1) is 11.4 Å². The van der Waals surface area contributed by atoms with Crippen LogP contribution in [-0.4, -0.2) is 15.7 Å². The number of fused-ring (bicyclic) bond motifs is 1. The SMILES string of the molecule is CCc1ccc(C(NC(=O)c2nn(C)c(=O)c3ccccc23)c2cccs2)cc1. The maximum atomic E-state index is 13.2. The van der Waals surface area contributed by atoms with Crippen molar-refractivity contribution >= 4 is 28.0 Å². The van der Waals surface area contributed by atoms with Gasteiger partial charge in [0.1, 0.15) is 0 Å². The standard InChI is InChI=1S/C23H21N3O2S/c1-3-15-10-12-16(13-11-15)20(19-9-6-14-29-19)24-22(27)21-17-7-4-5-8-18(17)23(28)26(2)25-21/h4-14,20H,3H2,1-2H3,(H,24,27). The van der Waals surface area contributed by atoms with Gasteiger partial charge in [-0.25, -0.2) is 4.68 Å². The molecule has 4 aromatic rings. The highest BCUT2D eigenvalue weighted by Crippen LogP contribution is 2.27. The molecule has 1 amide bonds. The van der Waals surface area contributed by atoms with Crippen LogP contribution in [0.5, 0.6) is 0 Å². The quantitative estimate of drug-likeness (QED) is 0.546. The predicted molar refractivity (Wildman–Crippen MR) is 116 cm³/mol. The Morgan fingerprint density at radius 3 is 2.45 bits per heavy atom. The van der Waals surface area contributed by atoms with Gasteiger partial charge in [-0.2, -0.15) is 5.10 Å². The lowest BCUT2D eigenvalue weighted by Crippen LogP contribution is -2.32. The van der Waals surface area contributed by atoms with Crippen LogP contribution < -0.4 is 10.9 Å². The van der Waals surface area contributed by atoms with Crippen LogP contribution in [0.1, 0.15) is 39.5 Å². The highest BCUT2D eigenvalue weighted by atomic mass is 32.1. The van der Waals surface area contributed by atoms with E-state index in [1.54, 1.807) is 42.6 Å². The molecule has 5 nitrogen and oxygen atoms in total. The topological polar surface area (TPSA) is 64.0 Å². The molecule has 4 rings (SSSR count). The zero-order valence-electron chi connectivity index (χ0n) is 16.3. The number of aromatic nitrogens is 2. The summed E-state index contributed by atoms with van der Waals surface area (Å²) in [5.74, 6) is -0.310. The minimum Gasteiger partial charge on any atom is -0.339 e. The van der Waals surface area contributed by atoms with Crippen molar-refractivity contribution in [2.45, 2.75) is 19.4 Å². The van der Waals surface area contributed by atoms with Crippen molar-refractivity contribution in [2.24, 2.45) is 7.05 Å². The molecule has 29 heavy (non-hydrogen) atoms. The highest BCUT2D eigenvalue weighted by molar-refractivity contribution is 7.10. The Kier molecular flexibility index (Phi) is 5.27. The lowest BCUT2D eigenvalue weighted by molar-refractivity contribution is 0.0938. The van der Waals surface area contributed by atoms with E-state index in [0.717, 1.165) is 16.9 Å². The molecule has 0 saturated carbocycles. The van der Waals surface area contributed by atoms with Crippen LogP contribution in [0.3, 0.4) is 0 Å². The molecule has 2 aromatic carbocycles. The van der Waals surface area contributed by atoms with E-state index in [1.807, 2.05) is 17.5 Å². The molecule has 0 saturated heterocycles. The average molecular weight is 404 g/mol. The van der Waals surface area contributed by atoms with Crippen molar-refractivity contribution in [3.05, 3.63) is 98.1 Å². The number of nitrogens with one attached hydrogen (secondary N) is 1. The van der Waals surface area contributed by atoms with Gasteiger partial charge in [-0.05, 0) is 35.1 Å². The fraction of sp³-hybridized carbons (Fsp3) is 0.174. The van der Waals surface area contributed by atoms with Gasteiger partial charge in [-0.3, -0.25) is 9.59 Å². The van der Waals surface area contributed by atoms with Gasteiger partial charge in [0.15, 0.2) is 5.69 Å². The number of nitrogens with zero attached hydrogens (tertiary/aromatic N) is 2. The molecule has 2 heterocycles. The van der Waals surface area contributed by atoms with Crippen LogP contribution >= 0.6 is 11.3 Å². The number of aryl methyl sites for hydroxylation is 2. The molecule has 0 spiro atoms.